The molecular formula is C11H14NO2. The lowest BCUT2D eigenvalue weighted by Gasteiger charge is -2.25. The monoisotopic (exact) mass is 192 g/mol. The van der Waals surface area contributed by atoms with Crippen molar-refractivity contribution in [2.45, 2.75) is 25.3 Å². The third-order valence-electron chi connectivity index (χ3n) is 2.68. The molecule has 1 aliphatic heterocycles. The molecule has 3 nitrogen and oxygen atoms in total. The lowest BCUT2D eigenvalue weighted by atomic mass is 10.1. The molecule has 1 saturated heterocycles. The van der Waals surface area contributed by atoms with Crippen molar-refractivity contribution in [1.82, 2.24) is 4.90 Å². The van der Waals surface area contributed by atoms with Gasteiger partial charge in [0, 0.05) is 12.1 Å². The second kappa shape index (κ2) is 3.96. The number of rotatable bonds is 2. The maximum Gasteiger partial charge on any atom is 0.227 e. The van der Waals surface area contributed by atoms with Gasteiger partial charge < -0.3 is 10.0 Å². The highest BCUT2D eigenvalue weighted by Crippen LogP contribution is 2.25. The minimum Gasteiger partial charge on any atom is -0.394 e. The molecule has 0 bridgehead atoms. The van der Waals surface area contributed by atoms with Crippen molar-refractivity contribution in [2.75, 3.05) is 6.61 Å². The molecule has 1 N–H and O–H groups in total. The van der Waals surface area contributed by atoms with Crippen molar-refractivity contribution in [1.29, 1.82) is 0 Å². The van der Waals surface area contributed by atoms with Gasteiger partial charge in [0.1, 0.15) is 0 Å². The van der Waals surface area contributed by atoms with Crippen LogP contribution in [0.5, 0.6) is 0 Å². The molecule has 1 heterocycles. The van der Waals surface area contributed by atoms with Crippen LogP contribution in [0.4, 0.5) is 0 Å². The molecule has 0 aromatic carbocycles. The maximum absolute atomic E-state index is 11.6. The first-order chi connectivity index (χ1) is 6.83. The van der Waals surface area contributed by atoms with E-state index < -0.39 is 0 Å². The molecule has 1 aliphatic carbocycles. The van der Waals surface area contributed by atoms with Gasteiger partial charge in [-0.2, -0.15) is 0 Å². The van der Waals surface area contributed by atoms with E-state index in [-0.39, 0.29) is 18.6 Å². The molecule has 3 heteroatoms. The average molecular weight is 192 g/mol. The van der Waals surface area contributed by atoms with Crippen molar-refractivity contribution in [3.63, 3.8) is 0 Å². The number of carbonyl (C=O) groups excluding carboxylic acids is 1. The largest absolute Gasteiger partial charge is 0.394 e. The zero-order valence-corrected chi connectivity index (χ0v) is 8.02. The van der Waals surface area contributed by atoms with Crippen molar-refractivity contribution < 1.29 is 9.90 Å². The Kier molecular flexibility index (Phi) is 2.68. The quantitative estimate of drug-likeness (QED) is 0.709. The number of amides is 1. The Morgan fingerprint density at radius 2 is 2.43 bits per heavy atom. The molecule has 1 amide bonds. The Morgan fingerprint density at radius 1 is 1.57 bits per heavy atom. The van der Waals surface area contributed by atoms with E-state index in [1.54, 1.807) is 4.90 Å². The lowest BCUT2D eigenvalue weighted by Crippen LogP contribution is -2.34. The topological polar surface area (TPSA) is 40.5 Å². The third-order valence-corrected chi connectivity index (χ3v) is 2.68. The van der Waals surface area contributed by atoms with Crippen LogP contribution in [0.2, 0.25) is 0 Å². The van der Waals surface area contributed by atoms with Gasteiger partial charge in [-0.1, -0.05) is 12.2 Å². The predicted molar refractivity (Wildman–Crippen MR) is 53.1 cm³/mol. The van der Waals surface area contributed by atoms with Crippen molar-refractivity contribution in [3.05, 3.63) is 30.3 Å². The molecule has 0 saturated carbocycles. The number of allylic oxidation sites excluding steroid dienone is 3. The van der Waals surface area contributed by atoms with Crippen molar-refractivity contribution in [3.8, 4) is 0 Å². The Hall–Kier alpha value is -1.09. The zero-order chi connectivity index (χ0) is 9.97. The number of nitrogens with zero attached hydrogens (tertiary/aromatic N) is 1. The van der Waals surface area contributed by atoms with Crippen LogP contribution in [0.1, 0.15) is 19.3 Å². The Balaban J connectivity index is 2.18. The summed E-state index contributed by atoms with van der Waals surface area (Å²) in [4.78, 5) is 13.3. The standard InChI is InChI=1S/C11H14NO2/c13-8-10-6-7-11(14)12(10)9-4-2-1-3-5-9/h1-2,4-5,10,13H,3,6-8H2. The minimum atomic E-state index is -0.0171. The van der Waals surface area contributed by atoms with Crippen molar-refractivity contribution >= 4 is 5.91 Å². The van der Waals surface area contributed by atoms with Crippen molar-refractivity contribution in [2.24, 2.45) is 0 Å². The van der Waals surface area contributed by atoms with E-state index in [1.165, 1.54) is 0 Å². The van der Waals surface area contributed by atoms with Crippen LogP contribution >= 0.6 is 0 Å². The van der Waals surface area contributed by atoms with E-state index >= 15 is 0 Å². The number of aliphatic hydroxyl groups is 1. The van der Waals surface area contributed by atoms with Gasteiger partial charge in [-0.3, -0.25) is 4.79 Å². The van der Waals surface area contributed by atoms with Gasteiger partial charge in [0.25, 0.3) is 0 Å². The van der Waals surface area contributed by atoms with Crippen LogP contribution in [0, 0.1) is 6.42 Å². The first-order valence-corrected chi connectivity index (χ1v) is 4.96. The Morgan fingerprint density at radius 3 is 3.07 bits per heavy atom. The van der Waals surface area contributed by atoms with Gasteiger partial charge in [-0.15, -0.1) is 0 Å². The summed E-state index contributed by atoms with van der Waals surface area (Å²) in [5.74, 6) is 0.127. The lowest BCUT2D eigenvalue weighted by molar-refractivity contribution is -0.127. The summed E-state index contributed by atoms with van der Waals surface area (Å²) >= 11 is 0. The smallest absolute Gasteiger partial charge is 0.227 e. The van der Waals surface area contributed by atoms with Crippen LogP contribution in [0.25, 0.3) is 0 Å². The number of aliphatic hydroxyl groups excluding tert-OH is 1. The summed E-state index contributed by atoms with van der Waals surface area (Å²) in [6, 6.07) is -0.0171. The number of hydrogen-bond acceptors (Lipinski definition) is 2. The molecule has 0 spiro atoms. The molecule has 1 radical (unpaired) electrons. The van der Waals surface area contributed by atoms with E-state index in [2.05, 4.69) is 0 Å². The zero-order valence-electron chi connectivity index (χ0n) is 8.02. The van der Waals surface area contributed by atoms with E-state index in [1.807, 2.05) is 24.6 Å². The second-order valence-electron chi connectivity index (χ2n) is 3.60. The molecule has 1 atom stereocenters. The summed E-state index contributed by atoms with van der Waals surface area (Å²) in [7, 11) is 0. The van der Waals surface area contributed by atoms with Crippen LogP contribution in [-0.4, -0.2) is 28.6 Å². The third kappa shape index (κ3) is 1.60. The highest BCUT2D eigenvalue weighted by molar-refractivity contribution is 5.81. The molecular weight excluding hydrogens is 178 g/mol. The fourth-order valence-corrected chi connectivity index (χ4v) is 1.95. The van der Waals surface area contributed by atoms with Gasteiger partial charge in [-0.05, 0) is 25.3 Å². The summed E-state index contributed by atoms with van der Waals surface area (Å²) in [6.45, 7) is 0.0562. The SMILES string of the molecule is O=C1CCC(CO)N1C1=CC[CH]C=C1. The number of hydrogen-bond donors (Lipinski definition) is 1. The Bertz CT molecular complexity index is 294. The molecule has 14 heavy (non-hydrogen) atoms. The van der Waals surface area contributed by atoms with Crippen LogP contribution in [0.3, 0.4) is 0 Å². The van der Waals surface area contributed by atoms with Gasteiger partial charge in [0.05, 0.1) is 12.6 Å². The highest BCUT2D eigenvalue weighted by Gasteiger charge is 2.32. The van der Waals surface area contributed by atoms with E-state index in [4.69, 9.17) is 5.11 Å². The molecule has 1 fully saturated rings. The predicted octanol–water partition coefficient (Wildman–Crippen LogP) is 1.02. The number of likely N-dealkylation sites (tertiary alicyclic amines) is 1. The minimum absolute atomic E-state index is 0.0171. The highest BCUT2D eigenvalue weighted by atomic mass is 16.3. The maximum atomic E-state index is 11.6. The molecule has 2 rings (SSSR count). The fourth-order valence-electron chi connectivity index (χ4n) is 1.95. The fraction of sp³-hybridized carbons (Fsp3) is 0.455. The summed E-state index contributed by atoms with van der Waals surface area (Å²) in [5.41, 5.74) is 0.939. The molecule has 2 aliphatic rings. The molecule has 1 unspecified atom stereocenters. The second-order valence-corrected chi connectivity index (χ2v) is 3.60. The Labute approximate surface area is 83.7 Å². The normalized spacial score (nSPS) is 26.9. The van der Waals surface area contributed by atoms with E-state index in [9.17, 15) is 4.79 Å². The van der Waals surface area contributed by atoms with Gasteiger partial charge in [0.2, 0.25) is 5.91 Å². The summed E-state index contributed by atoms with van der Waals surface area (Å²) < 4.78 is 0. The molecule has 0 aromatic rings. The average Bonchev–Trinajstić information content (AvgIpc) is 2.61. The summed E-state index contributed by atoms with van der Waals surface area (Å²) in [5, 5.41) is 9.13. The molecule has 0 aromatic heterocycles. The van der Waals surface area contributed by atoms with Gasteiger partial charge >= 0.3 is 0 Å². The summed E-state index contributed by atoms with van der Waals surface area (Å²) in [6.07, 6.45) is 10.1. The molecule has 75 valence electrons. The number of carbonyl (C=O) groups is 1. The van der Waals surface area contributed by atoms with E-state index in [0.717, 1.165) is 18.5 Å². The van der Waals surface area contributed by atoms with Gasteiger partial charge in [0.15, 0.2) is 0 Å². The van der Waals surface area contributed by atoms with E-state index in [0.29, 0.717) is 6.42 Å². The first-order valence-electron chi connectivity index (χ1n) is 4.96. The van der Waals surface area contributed by atoms with Crippen LogP contribution < -0.4 is 0 Å². The van der Waals surface area contributed by atoms with Gasteiger partial charge in [-0.25, -0.2) is 0 Å². The van der Waals surface area contributed by atoms with Crippen LogP contribution in [0.15, 0.2) is 23.9 Å². The first kappa shape index (κ1) is 9.46. The van der Waals surface area contributed by atoms with Crippen LogP contribution in [-0.2, 0) is 4.79 Å².